The van der Waals surface area contributed by atoms with Crippen molar-refractivity contribution < 1.29 is 4.43 Å². The van der Waals surface area contributed by atoms with Crippen LogP contribution in [0.1, 0.15) is 39.0 Å². The van der Waals surface area contributed by atoms with E-state index in [-0.39, 0.29) is 0 Å². The number of allylic oxidation sites excluding steroid dienone is 3. The molecule has 0 aromatic heterocycles. The summed E-state index contributed by atoms with van der Waals surface area (Å²) in [6.45, 7) is 12.9. The van der Waals surface area contributed by atoms with Gasteiger partial charge in [-0.2, -0.15) is 0 Å². The lowest BCUT2D eigenvalue weighted by molar-refractivity contribution is 0.406. The quantitative estimate of drug-likeness (QED) is 0.295. The molecule has 0 unspecified atom stereocenters. The molecule has 0 aliphatic heterocycles. The van der Waals surface area contributed by atoms with Gasteiger partial charge in [-0.25, -0.2) is 0 Å². The van der Waals surface area contributed by atoms with E-state index < -0.39 is 8.32 Å². The molecule has 92 valence electrons. The molecular formula is C14H26OSi. The zero-order chi connectivity index (χ0) is 12.2. The lowest BCUT2D eigenvalue weighted by Crippen LogP contribution is -2.25. The second kappa shape index (κ2) is 5.71. The van der Waals surface area contributed by atoms with Gasteiger partial charge in [0.1, 0.15) is 0 Å². The van der Waals surface area contributed by atoms with Gasteiger partial charge in [-0.3, -0.25) is 0 Å². The third kappa shape index (κ3) is 4.16. The van der Waals surface area contributed by atoms with Gasteiger partial charge >= 0.3 is 0 Å². The van der Waals surface area contributed by atoms with E-state index in [1.165, 1.54) is 43.4 Å². The molecule has 2 heteroatoms. The highest BCUT2D eigenvalue weighted by Crippen LogP contribution is 2.32. The van der Waals surface area contributed by atoms with Crippen LogP contribution in [0, 0.1) is 5.92 Å². The van der Waals surface area contributed by atoms with Crippen LogP contribution in [0.5, 0.6) is 0 Å². The van der Waals surface area contributed by atoms with E-state index in [1.807, 2.05) is 0 Å². The Kier molecular flexibility index (Phi) is 4.84. The lowest BCUT2D eigenvalue weighted by atomic mass is 9.93. The molecule has 1 nitrogen and oxygen atoms in total. The fraction of sp³-hybridized carbons (Fsp3) is 0.714. The van der Waals surface area contributed by atoms with Crippen molar-refractivity contribution in [3.63, 3.8) is 0 Å². The first-order valence-corrected chi connectivity index (χ1v) is 9.86. The summed E-state index contributed by atoms with van der Waals surface area (Å²) in [4.78, 5) is 0. The summed E-state index contributed by atoms with van der Waals surface area (Å²) in [5.74, 6) is 1.74. The fourth-order valence-corrected chi connectivity index (χ4v) is 3.49. The molecular weight excluding hydrogens is 212 g/mol. The summed E-state index contributed by atoms with van der Waals surface area (Å²) < 4.78 is 6.14. The van der Waals surface area contributed by atoms with E-state index >= 15 is 0 Å². The van der Waals surface area contributed by atoms with Gasteiger partial charge in [0.05, 0.1) is 5.76 Å². The molecule has 1 saturated carbocycles. The number of rotatable bonds is 3. The summed E-state index contributed by atoms with van der Waals surface area (Å²) in [6, 6.07) is 0. The Labute approximate surface area is 102 Å². The van der Waals surface area contributed by atoms with Crippen LogP contribution in [-0.2, 0) is 4.43 Å². The molecule has 0 radical (unpaired) electrons. The van der Waals surface area contributed by atoms with Gasteiger partial charge in [0, 0.05) is 5.92 Å². The van der Waals surface area contributed by atoms with Crippen LogP contribution in [0.3, 0.4) is 0 Å². The van der Waals surface area contributed by atoms with Gasteiger partial charge in [-0.15, -0.1) is 6.58 Å². The smallest absolute Gasteiger partial charge is 0.241 e. The Morgan fingerprint density at radius 2 is 2.00 bits per heavy atom. The first kappa shape index (κ1) is 13.6. The highest BCUT2D eigenvalue weighted by Gasteiger charge is 2.21. The molecule has 0 amide bonds. The van der Waals surface area contributed by atoms with Crippen molar-refractivity contribution in [3.05, 3.63) is 24.0 Å². The van der Waals surface area contributed by atoms with Crippen molar-refractivity contribution in [1.82, 2.24) is 0 Å². The van der Waals surface area contributed by atoms with Crippen molar-refractivity contribution in [2.45, 2.75) is 58.7 Å². The first-order chi connectivity index (χ1) is 7.44. The van der Waals surface area contributed by atoms with Gasteiger partial charge in [0.25, 0.3) is 0 Å². The SMILES string of the molecule is C=C[C@H]1CCCCC/C1=C(/C)O[Si](C)(C)C. The van der Waals surface area contributed by atoms with Gasteiger partial charge < -0.3 is 4.43 Å². The predicted molar refractivity (Wildman–Crippen MR) is 73.9 cm³/mol. The summed E-state index contributed by atoms with van der Waals surface area (Å²) in [5, 5.41) is 0. The Morgan fingerprint density at radius 1 is 1.31 bits per heavy atom. The second-order valence-corrected chi connectivity index (χ2v) is 10.2. The van der Waals surface area contributed by atoms with E-state index in [9.17, 15) is 0 Å². The molecule has 0 saturated heterocycles. The average Bonchev–Trinajstić information content (AvgIpc) is 2.39. The first-order valence-electron chi connectivity index (χ1n) is 6.45. The average molecular weight is 238 g/mol. The fourth-order valence-electron chi connectivity index (χ4n) is 2.44. The highest BCUT2D eigenvalue weighted by molar-refractivity contribution is 6.70. The molecule has 1 fully saturated rings. The molecule has 0 bridgehead atoms. The molecule has 16 heavy (non-hydrogen) atoms. The Morgan fingerprint density at radius 3 is 2.56 bits per heavy atom. The van der Waals surface area contributed by atoms with Crippen LogP contribution in [-0.4, -0.2) is 8.32 Å². The Balaban J connectivity index is 2.86. The molecule has 1 rings (SSSR count). The topological polar surface area (TPSA) is 9.23 Å². The standard InChI is InChI=1S/C14H26OSi/c1-6-13-10-8-7-9-11-14(13)12(2)15-16(3,4)5/h6,13H,1,7-11H2,2-5H3/b14-12+/t13-/m0/s1. The van der Waals surface area contributed by atoms with Crippen LogP contribution < -0.4 is 0 Å². The second-order valence-electron chi connectivity index (χ2n) is 5.74. The zero-order valence-electron chi connectivity index (χ0n) is 11.3. The van der Waals surface area contributed by atoms with Crippen molar-refractivity contribution in [3.8, 4) is 0 Å². The van der Waals surface area contributed by atoms with E-state index in [2.05, 4.69) is 39.2 Å². The van der Waals surface area contributed by atoms with Crippen molar-refractivity contribution >= 4 is 8.32 Å². The maximum Gasteiger partial charge on any atom is 0.241 e. The molecule has 1 atom stereocenters. The van der Waals surface area contributed by atoms with Gasteiger partial charge in [0.2, 0.25) is 8.32 Å². The predicted octanol–water partition coefficient (Wildman–Crippen LogP) is 4.88. The van der Waals surface area contributed by atoms with E-state index in [0.717, 1.165) is 0 Å². The molecule has 0 aromatic rings. The summed E-state index contributed by atoms with van der Waals surface area (Å²) in [6.07, 6.45) is 8.57. The molecule has 1 aliphatic carbocycles. The minimum Gasteiger partial charge on any atom is -0.548 e. The molecule has 0 aromatic carbocycles. The van der Waals surface area contributed by atoms with Crippen LogP contribution in [0.15, 0.2) is 24.0 Å². The third-order valence-electron chi connectivity index (χ3n) is 3.10. The third-order valence-corrected chi connectivity index (χ3v) is 4.02. The minimum absolute atomic E-state index is 0.554. The van der Waals surface area contributed by atoms with Gasteiger partial charge in [-0.05, 0) is 51.4 Å². The normalized spacial score (nSPS) is 25.9. The van der Waals surface area contributed by atoms with Crippen molar-refractivity contribution in [1.29, 1.82) is 0 Å². The Hall–Kier alpha value is -0.503. The summed E-state index contributed by atoms with van der Waals surface area (Å²) >= 11 is 0. The van der Waals surface area contributed by atoms with Crippen molar-refractivity contribution in [2.75, 3.05) is 0 Å². The lowest BCUT2D eigenvalue weighted by Gasteiger charge is -2.24. The molecule has 0 N–H and O–H groups in total. The van der Waals surface area contributed by atoms with E-state index in [0.29, 0.717) is 5.92 Å². The van der Waals surface area contributed by atoms with Gasteiger partial charge in [0.15, 0.2) is 0 Å². The zero-order valence-corrected chi connectivity index (χ0v) is 12.3. The largest absolute Gasteiger partial charge is 0.548 e. The molecule has 0 heterocycles. The maximum absolute atomic E-state index is 6.14. The summed E-state index contributed by atoms with van der Waals surface area (Å²) in [7, 11) is -1.46. The molecule has 1 aliphatic rings. The summed E-state index contributed by atoms with van der Waals surface area (Å²) in [5.41, 5.74) is 1.51. The molecule has 0 spiro atoms. The number of hydrogen-bond acceptors (Lipinski definition) is 1. The Bertz CT molecular complexity index is 273. The monoisotopic (exact) mass is 238 g/mol. The van der Waals surface area contributed by atoms with E-state index in [1.54, 1.807) is 0 Å². The minimum atomic E-state index is -1.46. The van der Waals surface area contributed by atoms with Crippen LogP contribution in [0.2, 0.25) is 19.6 Å². The van der Waals surface area contributed by atoms with E-state index in [4.69, 9.17) is 4.43 Å². The van der Waals surface area contributed by atoms with Crippen LogP contribution in [0.4, 0.5) is 0 Å². The van der Waals surface area contributed by atoms with Crippen molar-refractivity contribution in [2.24, 2.45) is 5.92 Å². The van der Waals surface area contributed by atoms with Crippen LogP contribution in [0.25, 0.3) is 0 Å². The van der Waals surface area contributed by atoms with Crippen LogP contribution >= 0.6 is 0 Å². The number of hydrogen-bond donors (Lipinski definition) is 0. The maximum atomic E-state index is 6.14. The van der Waals surface area contributed by atoms with Gasteiger partial charge in [-0.1, -0.05) is 18.9 Å². The highest BCUT2D eigenvalue weighted by atomic mass is 28.4.